The number of carbonyl (C=O) groups excluding carboxylic acids is 1. The fourth-order valence-corrected chi connectivity index (χ4v) is 5.82. The molecule has 0 atom stereocenters. The van der Waals surface area contributed by atoms with Crippen LogP contribution in [0, 0.1) is 0 Å². The van der Waals surface area contributed by atoms with Crippen LogP contribution in [0.4, 0.5) is 8.78 Å². The monoisotopic (exact) mass is 557 g/mol. The average molecular weight is 558 g/mol. The first-order valence-corrected chi connectivity index (χ1v) is 13.7. The minimum Gasteiger partial charge on any atom is -0.482 e. The molecular weight excluding hydrogens is 532 g/mol. The van der Waals surface area contributed by atoms with Crippen LogP contribution in [-0.4, -0.2) is 63.9 Å². The highest BCUT2D eigenvalue weighted by molar-refractivity contribution is 7.91. The summed E-state index contributed by atoms with van der Waals surface area (Å²) >= 11 is 5.91. The molecule has 4 rings (SSSR count). The van der Waals surface area contributed by atoms with Crippen LogP contribution in [0.25, 0.3) is 11.2 Å². The quantitative estimate of drug-likeness (QED) is 0.437. The van der Waals surface area contributed by atoms with Gasteiger partial charge in [-0.3, -0.25) is 4.79 Å². The number of rotatable bonds is 8. The van der Waals surface area contributed by atoms with Crippen LogP contribution in [0.5, 0.6) is 17.5 Å². The van der Waals surface area contributed by atoms with Gasteiger partial charge in [-0.1, -0.05) is 11.6 Å². The molecular formula is C23H26ClF2N5O5S. The molecule has 10 nitrogen and oxygen atoms in total. The molecule has 200 valence electrons. The zero-order chi connectivity index (χ0) is 27.0. The molecule has 1 aliphatic rings. The highest BCUT2D eigenvalue weighted by atomic mass is 35.5. The summed E-state index contributed by atoms with van der Waals surface area (Å²) in [6.45, 7) is 4.67. The van der Waals surface area contributed by atoms with E-state index in [4.69, 9.17) is 21.1 Å². The summed E-state index contributed by atoms with van der Waals surface area (Å²) in [5.41, 5.74) is 0.109. The van der Waals surface area contributed by atoms with Gasteiger partial charge in [0.25, 0.3) is 18.2 Å². The summed E-state index contributed by atoms with van der Waals surface area (Å²) in [6.07, 6.45) is -0.804. The van der Waals surface area contributed by atoms with Gasteiger partial charge in [0, 0.05) is 29.9 Å². The molecule has 4 heterocycles. The first-order chi connectivity index (χ1) is 17.4. The van der Waals surface area contributed by atoms with Crippen molar-refractivity contribution in [3.8, 4) is 17.5 Å². The maximum atomic E-state index is 13.3. The Bertz CT molecular complexity index is 1420. The Balaban J connectivity index is 1.63. The molecule has 3 aromatic heterocycles. The Morgan fingerprint density at radius 1 is 1.24 bits per heavy atom. The van der Waals surface area contributed by atoms with Crippen molar-refractivity contribution < 1.29 is 31.5 Å². The van der Waals surface area contributed by atoms with Crippen molar-refractivity contribution in [2.24, 2.45) is 0 Å². The number of sulfone groups is 1. The zero-order valence-electron chi connectivity index (χ0n) is 20.4. The van der Waals surface area contributed by atoms with Gasteiger partial charge < -0.3 is 19.4 Å². The predicted molar refractivity (Wildman–Crippen MR) is 132 cm³/mol. The number of pyridine rings is 2. The van der Waals surface area contributed by atoms with Crippen molar-refractivity contribution >= 4 is 38.5 Å². The highest BCUT2D eigenvalue weighted by Crippen LogP contribution is 2.32. The van der Waals surface area contributed by atoms with Crippen molar-refractivity contribution in [3.63, 3.8) is 0 Å². The number of amides is 1. The largest absolute Gasteiger partial charge is 0.482 e. The molecule has 1 fully saturated rings. The fraction of sp³-hybridized carbons (Fsp3) is 0.478. The normalized spacial score (nSPS) is 16.8. The molecule has 14 heteroatoms. The number of aromatic nitrogens is 4. The summed E-state index contributed by atoms with van der Waals surface area (Å²) in [5.74, 6) is -0.418. The first kappa shape index (κ1) is 27.0. The number of fused-ring (bicyclic) bond motifs is 1. The maximum Gasteiger partial charge on any atom is 0.287 e. The van der Waals surface area contributed by atoms with E-state index in [1.54, 1.807) is 10.6 Å². The summed E-state index contributed by atoms with van der Waals surface area (Å²) < 4.78 is 61.4. The molecule has 3 aromatic rings. The van der Waals surface area contributed by atoms with Gasteiger partial charge in [-0.2, -0.15) is 4.98 Å². The second-order valence-corrected chi connectivity index (χ2v) is 12.1. The van der Waals surface area contributed by atoms with Gasteiger partial charge in [-0.05, 0) is 39.7 Å². The van der Waals surface area contributed by atoms with Crippen molar-refractivity contribution in [3.05, 3.63) is 35.2 Å². The molecule has 1 saturated heterocycles. The standard InChI is InChI=1S/C23H26ClF2N5O5S/c1-13(2)31-19-15(28-20(31)21(32)30-23(3)6-8-37(33,34)9-7-23)4-5-18(29-19)36-22-16(35-12-17(25)26)10-14(24)11-27-22/h4-5,10-11,13,17H,6-9,12H2,1-3H3,(H,30,32). The Labute approximate surface area is 217 Å². The van der Waals surface area contributed by atoms with Gasteiger partial charge in [0.2, 0.25) is 11.7 Å². The minimum atomic E-state index is -3.10. The topological polar surface area (TPSA) is 125 Å². The van der Waals surface area contributed by atoms with E-state index in [1.807, 2.05) is 20.8 Å². The molecule has 0 spiro atoms. The molecule has 1 aliphatic heterocycles. The molecule has 1 N–H and O–H groups in total. The van der Waals surface area contributed by atoms with Gasteiger partial charge in [0.15, 0.2) is 11.4 Å². The van der Waals surface area contributed by atoms with Gasteiger partial charge in [0.1, 0.15) is 22.0 Å². The van der Waals surface area contributed by atoms with E-state index in [0.717, 1.165) is 0 Å². The minimum absolute atomic E-state index is 0.00831. The smallest absolute Gasteiger partial charge is 0.287 e. The van der Waals surface area contributed by atoms with Crippen LogP contribution in [0.3, 0.4) is 0 Å². The lowest BCUT2D eigenvalue weighted by Gasteiger charge is -2.34. The Morgan fingerprint density at radius 3 is 2.59 bits per heavy atom. The summed E-state index contributed by atoms with van der Waals surface area (Å²) in [4.78, 5) is 26.2. The van der Waals surface area contributed by atoms with Crippen molar-refractivity contribution in [1.29, 1.82) is 0 Å². The highest BCUT2D eigenvalue weighted by Gasteiger charge is 2.36. The summed E-state index contributed by atoms with van der Waals surface area (Å²) in [6, 6.07) is 4.20. The molecule has 0 aromatic carbocycles. The number of alkyl halides is 2. The van der Waals surface area contributed by atoms with Crippen LogP contribution >= 0.6 is 11.6 Å². The van der Waals surface area contributed by atoms with Crippen LogP contribution in [0.15, 0.2) is 24.4 Å². The fourth-order valence-electron chi connectivity index (χ4n) is 3.95. The van der Waals surface area contributed by atoms with E-state index in [9.17, 15) is 22.0 Å². The second kappa shape index (κ2) is 10.4. The number of halogens is 3. The number of ether oxygens (including phenoxy) is 2. The number of nitrogens with one attached hydrogen (secondary N) is 1. The van der Waals surface area contributed by atoms with E-state index in [2.05, 4.69) is 20.3 Å². The molecule has 1 amide bonds. The van der Waals surface area contributed by atoms with E-state index in [0.29, 0.717) is 24.0 Å². The van der Waals surface area contributed by atoms with Gasteiger partial charge in [-0.25, -0.2) is 27.2 Å². The lowest BCUT2D eigenvalue weighted by atomic mass is 9.95. The second-order valence-electron chi connectivity index (χ2n) is 9.32. The molecule has 0 saturated carbocycles. The van der Waals surface area contributed by atoms with Crippen molar-refractivity contribution in [2.75, 3.05) is 18.1 Å². The number of carbonyl (C=O) groups is 1. The van der Waals surface area contributed by atoms with E-state index in [1.165, 1.54) is 18.3 Å². The number of hydrogen-bond acceptors (Lipinski definition) is 8. The third-order valence-electron chi connectivity index (χ3n) is 5.93. The average Bonchev–Trinajstić information content (AvgIpc) is 3.21. The molecule has 0 radical (unpaired) electrons. The van der Waals surface area contributed by atoms with Crippen LogP contribution < -0.4 is 14.8 Å². The molecule has 37 heavy (non-hydrogen) atoms. The van der Waals surface area contributed by atoms with Crippen LogP contribution in [-0.2, 0) is 9.84 Å². The number of hydrogen-bond donors (Lipinski definition) is 1. The van der Waals surface area contributed by atoms with E-state index >= 15 is 0 Å². The third kappa shape index (κ3) is 6.27. The van der Waals surface area contributed by atoms with Crippen LogP contribution in [0.2, 0.25) is 5.02 Å². The molecule has 0 unspecified atom stereocenters. The Hall–Kier alpha value is -3.06. The van der Waals surface area contributed by atoms with E-state index < -0.39 is 34.3 Å². The number of nitrogens with zero attached hydrogens (tertiary/aromatic N) is 4. The van der Waals surface area contributed by atoms with Crippen LogP contribution in [0.1, 0.15) is 50.3 Å². The lowest BCUT2D eigenvalue weighted by Crippen LogP contribution is -2.51. The van der Waals surface area contributed by atoms with Gasteiger partial charge >= 0.3 is 0 Å². The lowest BCUT2D eigenvalue weighted by molar-refractivity contribution is 0.0803. The predicted octanol–water partition coefficient (Wildman–Crippen LogP) is 4.19. The van der Waals surface area contributed by atoms with Gasteiger partial charge in [-0.15, -0.1) is 0 Å². The maximum absolute atomic E-state index is 13.3. The summed E-state index contributed by atoms with van der Waals surface area (Å²) in [7, 11) is -3.10. The SMILES string of the molecule is CC(C)n1c(C(=O)NC2(C)CCS(=O)(=O)CC2)nc2ccc(Oc3ncc(Cl)cc3OCC(F)F)nc21. The Morgan fingerprint density at radius 2 is 1.95 bits per heavy atom. The van der Waals surface area contributed by atoms with Crippen molar-refractivity contribution in [2.45, 2.75) is 51.6 Å². The summed E-state index contributed by atoms with van der Waals surface area (Å²) in [5, 5.41) is 3.13. The van der Waals surface area contributed by atoms with E-state index in [-0.39, 0.29) is 45.9 Å². The van der Waals surface area contributed by atoms with Gasteiger partial charge in [0.05, 0.1) is 16.5 Å². The first-order valence-electron chi connectivity index (χ1n) is 11.5. The molecule has 0 aliphatic carbocycles. The zero-order valence-corrected chi connectivity index (χ0v) is 21.9. The molecule has 0 bridgehead atoms. The van der Waals surface area contributed by atoms with Crippen molar-refractivity contribution in [1.82, 2.24) is 24.8 Å². The third-order valence-corrected chi connectivity index (χ3v) is 7.79. The number of imidazole rings is 1. The Kier molecular flexibility index (Phi) is 7.56.